The summed E-state index contributed by atoms with van der Waals surface area (Å²) in [4.78, 5) is 19.0. The molecule has 7 nitrogen and oxygen atoms in total. The van der Waals surface area contributed by atoms with Crippen molar-refractivity contribution in [2.45, 2.75) is 6.42 Å². The van der Waals surface area contributed by atoms with Crippen LogP contribution in [-0.4, -0.2) is 51.0 Å². The number of hydrogen-bond acceptors (Lipinski definition) is 7. The third-order valence-corrected chi connectivity index (χ3v) is 5.98. The minimum atomic E-state index is -0.539. The normalized spacial score (nSPS) is 14.0. The van der Waals surface area contributed by atoms with Gasteiger partial charge in [0.1, 0.15) is 11.3 Å². The van der Waals surface area contributed by atoms with Gasteiger partial charge in [-0.1, -0.05) is 35.1 Å². The van der Waals surface area contributed by atoms with E-state index < -0.39 is 6.09 Å². The van der Waals surface area contributed by atoms with Gasteiger partial charge in [0, 0.05) is 24.7 Å². The Morgan fingerprint density at radius 3 is 2.90 bits per heavy atom. The van der Waals surface area contributed by atoms with Gasteiger partial charge in [-0.15, -0.1) is 0 Å². The highest BCUT2D eigenvalue weighted by Crippen LogP contribution is 2.40. The molecule has 9 heteroatoms. The van der Waals surface area contributed by atoms with E-state index in [-0.39, 0.29) is 5.19 Å². The first-order valence-corrected chi connectivity index (χ1v) is 10.8. The number of aromatic nitrogens is 1. The van der Waals surface area contributed by atoms with E-state index in [2.05, 4.69) is 15.2 Å². The highest BCUT2D eigenvalue weighted by Gasteiger charge is 2.20. The molecule has 158 valence electrons. The van der Waals surface area contributed by atoms with Crippen LogP contribution in [0.3, 0.4) is 0 Å². The van der Waals surface area contributed by atoms with Gasteiger partial charge in [-0.2, -0.15) is 4.98 Å². The highest BCUT2D eigenvalue weighted by atomic mass is 35.5. The summed E-state index contributed by atoms with van der Waals surface area (Å²) in [5.74, 6) is 0.648. The lowest BCUT2D eigenvalue weighted by Gasteiger charge is -2.29. The predicted octanol–water partition coefficient (Wildman–Crippen LogP) is 4.13. The van der Waals surface area contributed by atoms with Gasteiger partial charge >= 0.3 is 6.09 Å². The van der Waals surface area contributed by atoms with Crippen LogP contribution in [0.15, 0.2) is 36.4 Å². The van der Waals surface area contributed by atoms with Crippen LogP contribution in [0.4, 0.5) is 10.5 Å². The smallest absolute Gasteiger partial charge is 0.414 e. The fraction of sp³-hybridized carbons (Fsp3) is 0.333. The van der Waals surface area contributed by atoms with Crippen LogP contribution in [-0.2, 0) is 11.2 Å². The fourth-order valence-electron chi connectivity index (χ4n) is 3.33. The van der Waals surface area contributed by atoms with E-state index in [1.165, 1.54) is 11.3 Å². The molecule has 1 saturated heterocycles. The molecule has 0 bridgehead atoms. The third kappa shape index (κ3) is 4.77. The van der Waals surface area contributed by atoms with Gasteiger partial charge in [0.15, 0.2) is 0 Å². The van der Waals surface area contributed by atoms with Gasteiger partial charge in [-0.25, -0.2) is 4.79 Å². The number of amides is 1. The monoisotopic (exact) mass is 447 g/mol. The van der Waals surface area contributed by atoms with Crippen molar-refractivity contribution >= 4 is 44.9 Å². The molecule has 1 aliphatic heterocycles. The zero-order valence-corrected chi connectivity index (χ0v) is 18.1. The molecule has 2 heterocycles. The Morgan fingerprint density at radius 1 is 1.30 bits per heavy atom. The molecule has 0 spiro atoms. The maximum absolute atomic E-state index is 12.2. The lowest BCUT2D eigenvalue weighted by atomic mass is 10.1. The number of methoxy groups -OCH3 is 1. The van der Waals surface area contributed by atoms with E-state index in [0.717, 1.165) is 29.0 Å². The number of fused-ring (bicyclic) bond motifs is 1. The van der Waals surface area contributed by atoms with Gasteiger partial charge in [-0.05, 0) is 36.2 Å². The Kier molecular flexibility index (Phi) is 6.56. The average Bonchev–Trinajstić information content (AvgIpc) is 3.17. The molecule has 1 fully saturated rings. The molecule has 2 aromatic carbocycles. The fourth-order valence-corrected chi connectivity index (χ4v) is 4.52. The van der Waals surface area contributed by atoms with Crippen LogP contribution < -0.4 is 19.7 Å². The summed E-state index contributed by atoms with van der Waals surface area (Å²) >= 11 is 7.32. The number of ether oxygens (including phenoxy) is 3. The number of morpholine rings is 1. The van der Waals surface area contributed by atoms with Crippen LogP contribution in [0.2, 0.25) is 5.02 Å². The summed E-state index contributed by atoms with van der Waals surface area (Å²) in [5, 5.41) is 3.71. The maximum atomic E-state index is 12.2. The number of carbonyl (C=O) groups excluding carboxylic acids is 1. The number of nitrogens with one attached hydrogen (secondary N) is 1. The summed E-state index contributed by atoms with van der Waals surface area (Å²) < 4.78 is 17.3. The first-order valence-electron chi connectivity index (χ1n) is 9.64. The van der Waals surface area contributed by atoms with Crippen LogP contribution in [0.1, 0.15) is 5.56 Å². The van der Waals surface area contributed by atoms with Gasteiger partial charge in [0.2, 0.25) is 0 Å². The van der Waals surface area contributed by atoms with E-state index in [0.29, 0.717) is 42.5 Å². The second-order valence-corrected chi connectivity index (χ2v) is 8.14. The summed E-state index contributed by atoms with van der Waals surface area (Å²) in [5.41, 5.74) is 2.78. The molecule has 1 aliphatic rings. The molecule has 0 aliphatic carbocycles. The van der Waals surface area contributed by atoms with Crippen molar-refractivity contribution in [3.8, 4) is 10.9 Å². The topological polar surface area (TPSA) is 72.9 Å². The van der Waals surface area contributed by atoms with Gasteiger partial charge in [0.25, 0.3) is 5.19 Å². The Bertz CT molecular complexity index is 1040. The number of carbonyl (C=O) groups is 1. The van der Waals surface area contributed by atoms with Crippen LogP contribution in [0, 0.1) is 0 Å². The molecule has 0 saturated carbocycles. The highest BCUT2D eigenvalue weighted by molar-refractivity contribution is 7.21. The lowest BCUT2D eigenvalue weighted by molar-refractivity contribution is 0.123. The molecular weight excluding hydrogens is 426 g/mol. The second-order valence-electron chi connectivity index (χ2n) is 6.74. The molecule has 0 radical (unpaired) electrons. The number of rotatable bonds is 6. The van der Waals surface area contributed by atoms with Gasteiger partial charge in [-0.3, -0.25) is 0 Å². The van der Waals surface area contributed by atoms with Crippen molar-refractivity contribution in [2.24, 2.45) is 0 Å². The summed E-state index contributed by atoms with van der Waals surface area (Å²) in [6.07, 6.45) is 0.118. The molecule has 30 heavy (non-hydrogen) atoms. The number of anilines is 1. The average molecular weight is 448 g/mol. The minimum absolute atomic E-state index is 0.282. The molecule has 1 aromatic heterocycles. The zero-order valence-electron chi connectivity index (χ0n) is 16.5. The second kappa shape index (κ2) is 9.51. The number of hydrogen-bond donors (Lipinski definition) is 1. The molecule has 0 atom stereocenters. The summed E-state index contributed by atoms with van der Waals surface area (Å²) in [6, 6.07) is 11.4. The maximum Gasteiger partial charge on any atom is 0.414 e. The van der Waals surface area contributed by atoms with Gasteiger partial charge in [0.05, 0.1) is 30.7 Å². The van der Waals surface area contributed by atoms with Gasteiger partial charge < -0.3 is 24.4 Å². The zero-order chi connectivity index (χ0) is 20.9. The van der Waals surface area contributed by atoms with E-state index >= 15 is 0 Å². The lowest BCUT2D eigenvalue weighted by Crippen LogP contribution is -2.36. The van der Waals surface area contributed by atoms with E-state index in [9.17, 15) is 4.79 Å². The van der Waals surface area contributed by atoms with Crippen molar-refractivity contribution in [1.29, 1.82) is 0 Å². The Balaban J connectivity index is 1.45. The molecule has 0 unspecified atom stereocenters. The van der Waals surface area contributed by atoms with Crippen molar-refractivity contribution in [3.63, 3.8) is 0 Å². The first-order chi connectivity index (χ1) is 14.6. The third-order valence-electron chi connectivity index (χ3n) is 4.79. The van der Waals surface area contributed by atoms with Crippen LogP contribution >= 0.6 is 22.9 Å². The Labute approximate surface area is 183 Å². The SMILES string of the molecule is COc1ccc(N2CCOCC2)c2sc(OC(=O)NCCc3cccc(Cl)c3)nc12. The van der Waals surface area contributed by atoms with Crippen molar-refractivity contribution in [1.82, 2.24) is 10.3 Å². The molecule has 4 rings (SSSR count). The Morgan fingerprint density at radius 2 is 2.13 bits per heavy atom. The van der Waals surface area contributed by atoms with E-state index in [4.69, 9.17) is 25.8 Å². The summed E-state index contributed by atoms with van der Waals surface area (Å²) in [6.45, 7) is 3.42. The van der Waals surface area contributed by atoms with Crippen molar-refractivity contribution in [3.05, 3.63) is 47.0 Å². The number of halogens is 1. The quantitative estimate of drug-likeness (QED) is 0.612. The van der Waals surface area contributed by atoms with E-state index in [1.54, 1.807) is 7.11 Å². The standard InChI is InChI=1S/C21H22ClN3O4S/c1-27-17-6-5-16(25-9-11-28-12-10-25)19-18(17)24-21(30-19)29-20(26)23-8-7-14-3-2-4-15(22)13-14/h2-6,13H,7-12H2,1H3,(H,23,26). The van der Waals surface area contributed by atoms with E-state index in [1.807, 2.05) is 36.4 Å². The summed E-state index contributed by atoms with van der Waals surface area (Å²) in [7, 11) is 1.60. The Hall–Kier alpha value is -2.55. The molecule has 1 N–H and O–H groups in total. The number of benzene rings is 2. The number of thiazole rings is 1. The molecular formula is C21H22ClN3O4S. The van der Waals surface area contributed by atoms with Crippen LogP contribution in [0.25, 0.3) is 10.2 Å². The molecule has 1 amide bonds. The molecule has 3 aromatic rings. The minimum Gasteiger partial charge on any atom is -0.494 e. The first kappa shape index (κ1) is 20.7. The van der Waals surface area contributed by atoms with Crippen molar-refractivity contribution < 1.29 is 19.0 Å². The van der Waals surface area contributed by atoms with Crippen LogP contribution in [0.5, 0.6) is 10.9 Å². The number of nitrogens with zero attached hydrogens (tertiary/aromatic N) is 2. The predicted molar refractivity (Wildman–Crippen MR) is 118 cm³/mol. The van der Waals surface area contributed by atoms with Crippen molar-refractivity contribution in [2.75, 3.05) is 44.9 Å². The largest absolute Gasteiger partial charge is 0.494 e.